The van der Waals surface area contributed by atoms with Gasteiger partial charge in [-0.05, 0) is 12.5 Å². The van der Waals surface area contributed by atoms with Crippen molar-refractivity contribution >= 4 is 17.3 Å². The fourth-order valence-corrected chi connectivity index (χ4v) is 1.61. The summed E-state index contributed by atoms with van der Waals surface area (Å²) in [7, 11) is 0. The maximum atomic E-state index is 5.82. The molecule has 1 aromatic heterocycles. The van der Waals surface area contributed by atoms with Gasteiger partial charge < -0.3 is 10.6 Å². The van der Waals surface area contributed by atoms with E-state index in [0.29, 0.717) is 11.7 Å². The van der Waals surface area contributed by atoms with Gasteiger partial charge in [0.1, 0.15) is 5.15 Å². The summed E-state index contributed by atoms with van der Waals surface area (Å²) in [6.07, 6.45) is 3.01. The van der Waals surface area contributed by atoms with Gasteiger partial charge in [0.15, 0.2) is 0 Å². The minimum absolute atomic E-state index is 0.524. The molecule has 1 fully saturated rings. The molecule has 4 heteroatoms. The molecule has 13 heavy (non-hydrogen) atoms. The monoisotopic (exact) mass is 197 g/mol. The Kier molecular flexibility index (Phi) is 2.38. The van der Waals surface area contributed by atoms with Crippen LogP contribution in [-0.4, -0.2) is 18.1 Å². The first-order valence-corrected chi connectivity index (χ1v) is 4.78. The average molecular weight is 198 g/mol. The molecule has 0 atom stereocenters. The van der Waals surface area contributed by atoms with E-state index in [1.807, 2.05) is 6.07 Å². The highest BCUT2D eigenvalue weighted by Gasteiger charge is 2.17. The van der Waals surface area contributed by atoms with Crippen LogP contribution in [0.1, 0.15) is 12.0 Å². The van der Waals surface area contributed by atoms with Crippen LogP contribution in [0.25, 0.3) is 0 Å². The molecular weight excluding hydrogens is 186 g/mol. The third kappa shape index (κ3) is 1.62. The van der Waals surface area contributed by atoms with E-state index in [-0.39, 0.29) is 0 Å². The standard InChI is InChI=1S/C9H12ClN3/c10-9-4-8(13-2-1-3-13)7(5-11)6-12-9/h4,6H,1-3,5,11H2. The largest absolute Gasteiger partial charge is 0.371 e. The lowest BCUT2D eigenvalue weighted by Crippen LogP contribution is -2.37. The molecular formula is C9H12ClN3. The van der Waals surface area contributed by atoms with Crippen molar-refractivity contribution in [1.29, 1.82) is 0 Å². The van der Waals surface area contributed by atoms with Crippen LogP contribution in [0.3, 0.4) is 0 Å². The average Bonchev–Trinajstić information content (AvgIpc) is 2.02. The maximum absolute atomic E-state index is 5.82. The van der Waals surface area contributed by atoms with Crippen molar-refractivity contribution in [2.45, 2.75) is 13.0 Å². The fraction of sp³-hybridized carbons (Fsp3) is 0.444. The molecule has 0 bridgehead atoms. The van der Waals surface area contributed by atoms with Crippen LogP contribution < -0.4 is 10.6 Å². The Labute approximate surface area is 82.5 Å². The molecule has 0 spiro atoms. The molecule has 0 aromatic carbocycles. The number of pyridine rings is 1. The van der Waals surface area contributed by atoms with Crippen molar-refractivity contribution < 1.29 is 0 Å². The van der Waals surface area contributed by atoms with Gasteiger partial charge >= 0.3 is 0 Å². The molecule has 0 radical (unpaired) electrons. The number of hydrogen-bond donors (Lipinski definition) is 1. The molecule has 0 unspecified atom stereocenters. The number of rotatable bonds is 2. The van der Waals surface area contributed by atoms with E-state index in [2.05, 4.69) is 9.88 Å². The van der Waals surface area contributed by atoms with Gasteiger partial charge in [-0.1, -0.05) is 11.6 Å². The Hall–Kier alpha value is -0.800. The van der Waals surface area contributed by atoms with Crippen molar-refractivity contribution in [2.24, 2.45) is 5.73 Å². The maximum Gasteiger partial charge on any atom is 0.131 e. The molecule has 1 aliphatic heterocycles. The molecule has 1 aliphatic rings. The second-order valence-corrected chi connectivity index (χ2v) is 3.57. The first-order valence-electron chi connectivity index (χ1n) is 4.40. The van der Waals surface area contributed by atoms with Gasteiger partial charge in [-0.2, -0.15) is 0 Å². The zero-order chi connectivity index (χ0) is 9.26. The van der Waals surface area contributed by atoms with Crippen LogP contribution in [-0.2, 0) is 6.54 Å². The van der Waals surface area contributed by atoms with Gasteiger partial charge in [-0.25, -0.2) is 4.98 Å². The lowest BCUT2D eigenvalue weighted by atomic mass is 10.1. The number of halogens is 1. The van der Waals surface area contributed by atoms with Gasteiger partial charge in [-0.15, -0.1) is 0 Å². The Morgan fingerprint density at radius 2 is 2.31 bits per heavy atom. The van der Waals surface area contributed by atoms with Crippen molar-refractivity contribution in [3.8, 4) is 0 Å². The first-order chi connectivity index (χ1) is 6.31. The Balaban J connectivity index is 2.33. The highest BCUT2D eigenvalue weighted by Crippen LogP contribution is 2.26. The van der Waals surface area contributed by atoms with Crippen LogP contribution in [0.5, 0.6) is 0 Å². The smallest absolute Gasteiger partial charge is 0.131 e. The summed E-state index contributed by atoms with van der Waals surface area (Å²) in [5.74, 6) is 0. The zero-order valence-corrected chi connectivity index (χ0v) is 8.09. The molecule has 0 saturated carbocycles. The SMILES string of the molecule is NCc1cnc(Cl)cc1N1CCC1. The summed E-state index contributed by atoms with van der Waals surface area (Å²) >= 11 is 5.82. The molecule has 1 saturated heterocycles. The van der Waals surface area contributed by atoms with Crippen LogP contribution in [0.15, 0.2) is 12.3 Å². The second-order valence-electron chi connectivity index (χ2n) is 3.18. The normalized spacial score (nSPS) is 15.7. The summed E-state index contributed by atoms with van der Waals surface area (Å²) in [6.45, 7) is 2.73. The lowest BCUT2D eigenvalue weighted by molar-refractivity contribution is 0.614. The summed E-state index contributed by atoms with van der Waals surface area (Å²) in [5, 5.41) is 0.541. The highest BCUT2D eigenvalue weighted by atomic mass is 35.5. The summed E-state index contributed by atoms with van der Waals surface area (Å²) in [6, 6.07) is 1.89. The van der Waals surface area contributed by atoms with E-state index in [1.165, 1.54) is 6.42 Å². The molecule has 1 aromatic rings. The molecule has 3 nitrogen and oxygen atoms in total. The van der Waals surface area contributed by atoms with E-state index < -0.39 is 0 Å². The second kappa shape index (κ2) is 3.52. The highest BCUT2D eigenvalue weighted by molar-refractivity contribution is 6.29. The van der Waals surface area contributed by atoms with Crippen LogP contribution in [0, 0.1) is 0 Å². The molecule has 0 aliphatic carbocycles. The topological polar surface area (TPSA) is 42.1 Å². The number of anilines is 1. The minimum Gasteiger partial charge on any atom is -0.371 e. The van der Waals surface area contributed by atoms with Gasteiger partial charge in [0.2, 0.25) is 0 Å². The third-order valence-electron chi connectivity index (χ3n) is 2.35. The van der Waals surface area contributed by atoms with Gasteiger partial charge in [-0.3, -0.25) is 0 Å². The van der Waals surface area contributed by atoms with Gasteiger partial charge in [0, 0.05) is 37.1 Å². The fourth-order valence-electron chi connectivity index (χ4n) is 1.46. The number of hydrogen-bond acceptors (Lipinski definition) is 3. The van der Waals surface area contributed by atoms with E-state index in [0.717, 1.165) is 24.3 Å². The van der Waals surface area contributed by atoms with E-state index >= 15 is 0 Å². The number of nitrogens with two attached hydrogens (primary N) is 1. The Morgan fingerprint density at radius 3 is 2.85 bits per heavy atom. The van der Waals surface area contributed by atoms with Crippen molar-refractivity contribution in [1.82, 2.24) is 4.98 Å². The minimum atomic E-state index is 0.524. The summed E-state index contributed by atoms with van der Waals surface area (Å²) in [5.41, 5.74) is 7.83. The summed E-state index contributed by atoms with van der Waals surface area (Å²) in [4.78, 5) is 6.28. The van der Waals surface area contributed by atoms with Crippen LogP contribution in [0.2, 0.25) is 5.15 Å². The predicted molar refractivity (Wildman–Crippen MR) is 54.0 cm³/mol. The Bertz CT molecular complexity index is 310. The molecule has 2 rings (SSSR count). The third-order valence-corrected chi connectivity index (χ3v) is 2.55. The van der Waals surface area contributed by atoms with E-state index in [1.54, 1.807) is 6.20 Å². The predicted octanol–water partition coefficient (Wildman–Crippen LogP) is 1.40. The van der Waals surface area contributed by atoms with Crippen LogP contribution >= 0.6 is 11.6 Å². The molecule has 70 valence electrons. The van der Waals surface area contributed by atoms with Gasteiger partial charge in [0.05, 0.1) is 0 Å². The first kappa shape index (κ1) is 8.78. The van der Waals surface area contributed by atoms with E-state index in [9.17, 15) is 0 Å². The number of nitrogens with zero attached hydrogens (tertiary/aromatic N) is 2. The van der Waals surface area contributed by atoms with E-state index in [4.69, 9.17) is 17.3 Å². The quantitative estimate of drug-likeness (QED) is 0.729. The molecule has 2 N–H and O–H groups in total. The van der Waals surface area contributed by atoms with Crippen LogP contribution in [0.4, 0.5) is 5.69 Å². The molecule has 0 amide bonds. The van der Waals surface area contributed by atoms with Gasteiger partial charge in [0.25, 0.3) is 0 Å². The lowest BCUT2D eigenvalue weighted by Gasteiger charge is -2.34. The van der Waals surface area contributed by atoms with Crippen molar-refractivity contribution in [3.63, 3.8) is 0 Å². The summed E-state index contributed by atoms with van der Waals surface area (Å²) < 4.78 is 0. The van der Waals surface area contributed by atoms with Crippen molar-refractivity contribution in [2.75, 3.05) is 18.0 Å². The Morgan fingerprint density at radius 1 is 1.54 bits per heavy atom. The molecule has 2 heterocycles. The zero-order valence-electron chi connectivity index (χ0n) is 7.33. The number of aromatic nitrogens is 1. The van der Waals surface area contributed by atoms with Crippen molar-refractivity contribution in [3.05, 3.63) is 23.0 Å².